The zero-order valence-electron chi connectivity index (χ0n) is 11.2. The van der Waals surface area contributed by atoms with E-state index in [9.17, 15) is 4.79 Å². The van der Waals surface area contributed by atoms with Gasteiger partial charge in [-0.05, 0) is 23.8 Å². The van der Waals surface area contributed by atoms with E-state index in [0.717, 1.165) is 22.2 Å². The molecule has 20 heavy (non-hydrogen) atoms. The highest BCUT2D eigenvalue weighted by atomic mass is 16.1. The van der Waals surface area contributed by atoms with E-state index < -0.39 is 0 Å². The molecule has 1 amide bonds. The van der Waals surface area contributed by atoms with Crippen LogP contribution in [0.3, 0.4) is 0 Å². The van der Waals surface area contributed by atoms with Crippen LogP contribution in [0.25, 0.3) is 10.9 Å². The summed E-state index contributed by atoms with van der Waals surface area (Å²) in [7, 11) is 1.99. The van der Waals surface area contributed by atoms with E-state index in [4.69, 9.17) is 0 Å². The predicted molar refractivity (Wildman–Crippen MR) is 79.5 cm³/mol. The Labute approximate surface area is 117 Å². The van der Waals surface area contributed by atoms with E-state index in [2.05, 4.69) is 16.4 Å². The molecule has 0 unspecified atom stereocenters. The Hall–Kier alpha value is -2.62. The Morgan fingerprint density at radius 3 is 2.90 bits per heavy atom. The number of nitrogens with zero attached hydrogens (tertiary/aromatic N) is 2. The Morgan fingerprint density at radius 2 is 2.10 bits per heavy atom. The lowest BCUT2D eigenvalue weighted by Gasteiger charge is -2.03. The van der Waals surface area contributed by atoms with Gasteiger partial charge in [0, 0.05) is 30.3 Å². The first kappa shape index (κ1) is 12.4. The minimum absolute atomic E-state index is 0.0330. The van der Waals surface area contributed by atoms with Crippen molar-refractivity contribution < 1.29 is 4.79 Å². The molecule has 1 aromatic carbocycles. The lowest BCUT2D eigenvalue weighted by Crippen LogP contribution is -2.14. The summed E-state index contributed by atoms with van der Waals surface area (Å²) in [6.07, 6.45) is 5.69. The van der Waals surface area contributed by atoms with Crippen LogP contribution in [0, 0.1) is 0 Å². The van der Waals surface area contributed by atoms with Gasteiger partial charge in [-0.2, -0.15) is 0 Å². The highest BCUT2D eigenvalue weighted by Gasteiger charge is 2.10. The fourth-order valence-corrected chi connectivity index (χ4v) is 2.38. The SMILES string of the molecule is Cn1cc(CC(=O)Nc2cccnc2)c2ccccc21. The normalized spacial score (nSPS) is 10.7. The number of aryl methyl sites for hydroxylation is 1. The monoisotopic (exact) mass is 265 g/mol. The molecule has 0 aliphatic heterocycles. The molecule has 0 spiro atoms. The molecule has 0 bridgehead atoms. The summed E-state index contributed by atoms with van der Waals surface area (Å²) in [5, 5.41) is 3.98. The lowest BCUT2D eigenvalue weighted by molar-refractivity contribution is -0.115. The second-order valence-corrected chi connectivity index (χ2v) is 4.75. The standard InChI is InChI=1S/C16H15N3O/c1-19-11-12(14-6-2-3-7-15(14)19)9-16(20)18-13-5-4-8-17-10-13/h2-8,10-11H,9H2,1H3,(H,18,20). The van der Waals surface area contributed by atoms with Gasteiger partial charge in [0.15, 0.2) is 0 Å². The van der Waals surface area contributed by atoms with E-state index in [-0.39, 0.29) is 5.91 Å². The number of benzene rings is 1. The second kappa shape index (κ2) is 5.17. The van der Waals surface area contributed by atoms with E-state index in [1.54, 1.807) is 18.5 Å². The summed E-state index contributed by atoms with van der Waals surface area (Å²) in [5.74, 6) is -0.0330. The molecule has 0 atom stereocenters. The maximum Gasteiger partial charge on any atom is 0.228 e. The average molecular weight is 265 g/mol. The van der Waals surface area contributed by atoms with Gasteiger partial charge < -0.3 is 9.88 Å². The van der Waals surface area contributed by atoms with Crippen molar-refractivity contribution in [2.45, 2.75) is 6.42 Å². The molecular weight excluding hydrogens is 250 g/mol. The zero-order chi connectivity index (χ0) is 13.9. The van der Waals surface area contributed by atoms with Gasteiger partial charge in [-0.25, -0.2) is 0 Å². The first-order chi connectivity index (χ1) is 9.74. The van der Waals surface area contributed by atoms with Crippen molar-refractivity contribution in [3.63, 3.8) is 0 Å². The molecular formula is C16H15N3O. The fourth-order valence-electron chi connectivity index (χ4n) is 2.38. The largest absolute Gasteiger partial charge is 0.350 e. The van der Waals surface area contributed by atoms with Gasteiger partial charge in [0.05, 0.1) is 18.3 Å². The molecule has 2 heterocycles. The van der Waals surface area contributed by atoms with Crippen molar-refractivity contribution in [2.24, 2.45) is 7.05 Å². The number of amides is 1. The van der Waals surface area contributed by atoms with Crippen LogP contribution in [0.15, 0.2) is 55.0 Å². The third-order valence-corrected chi connectivity index (χ3v) is 3.28. The number of carbonyl (C=O) groups is 1. The molecule has 0 fully saturated rings. The van der Waals surface area contributed by atoms with Crippen LogP contribution in [0.1, 0.15) is 5.56 Å². The highest BCUT2D eigenvalue weighted by molar-refractivity contribution is 5.95. The van der Waals surface area contributed by atoms with Gasteiger partial charge in [0.2, 0.25) is 5.91 Å². The maximum atomic E-state index is 12.1. The van der Waals surface area contributed by atoms with Gasteiger partial charge >= 0.3 is 0 Å². The molecule has 0 saturated heterocycles. The van der Waals surface area contributed by atoms with Crippen LogP contribution in [-0.4, -0.2) is 15.5 Å². The number of fused-ring (bicyclic) bond motifs is 1. The number of rotatable bonds is 3. The third-order valence-electron chi connectivity index (χ3n) is 3.28. The van der Waals surface area contributed by atoms with Crippen LogP contribution >= 0.6 is 0 Å². The molecule has 1 N–H and O–H groups in total. The van der Waals surface area contributed by atoms with E-state index in [1.165, 1.54) is 0 Å². The van der Waals surface area contributed by atoms with Crippen LogP contribution in [0.4, 0.5) is 5.69 Å². The van der Waals surface area contributed by atoms with Gasteiger partial charge in [-0.3, -0.25) is 9.78 Å². The van der Waals surface area contributed by atoms with Gasteiger partial charge in [-0.15, -0.1) is 0 Å². The molecule has 0 aliphatic carbocycles. The summed E-state index contributed by atoms with van der Waals surface area (Å²) >= 11 is 0. The maximum absolute atomic E-state index is 12.1. The van der Waals surface area contributed by atoms with Crippen molar-refractivity contribution in [3.8, 4) is 0 Å². The number of carbonyl (C=O) groups excluding carboxylic acids is 1. The van der Waals surface area contributed by atoms with E-state index in [0.29, 0.717) is 6.42 Å². The van der Waals surface area contributed by atoms with Crippen molar-refractivity contribution in [1.29, 1.82) is 0 Å². The number of nitrogens with one attached hydrogen (secondary N) is 1. The Kier molecular flexibility index (Phi) is 3.21. The molecule has 0 radical (unpaired) electrons. The first-order valence-corrected chi connectivity index (χ1v) is 6.47. The Morgan fingerprint density at radius 1 is 1.25 bits per heavy atom. The zero-order valence-corrected chi connectivity index (χ0v) is 11.2. The van der Waals surface area contributed by atoms with Crippen LogP contribution in [0.2, 0.25) is 0 Å². The number of aromatic nitrogens is 2. The summed E-state index contributed by atoms with van der Waals surface area (Å²) in [6.45, 7) is 0. The molecule has 0 saturated carbocycles. The predicted octanol–water partition coefficient (Wildman–Crippen LogP) is 2.75. The number of hydrogen-bond donors (Lipinski definition) is 1. The summed E-state index contributed by atoms with van der Waals surface area (Å²) in [6, 6.07) is 11.7. The van der Waals surface area contributed by atoms with Crippen molar-refractivity contribution in [3.05, 3.63) is 60.6 Å². The molecule has 4 heteroatoms. The topological polar surface area (TPSA) is 46.9 Å². The molecule has 3 rings (SSSR count). The van der Waals surface area contributed by atoms with Crippen molar-refractivity contribution >= 4 is 22.5 Å². The van der Waals surface area contributed by atoms with Gasteiger partial charge in [0.25, 0.3) is 0 Å². The van der Waals surface area contributed by atoms with Crippen LogP contribution in [0.5, 0.6) is 0 Å². The Balaban J connectivity index is 1.81. The number of pyridine rings is 1. The van der Waals surface area contributed by atoms with E-state index in [1.807, 2.05) is 42.1 Å². The van der Waals surface area contributed by atoms with Crippen molar-refractivity contribution in [1.82, 2.24) is 9.55 Å². The third kappa shape index (κ3) is 2.40. The fraction of sp³-hybridized carbons (Fsp3) is 0.125. The molecule has 3 aromatic rings. The van der Waals surface area contributed by atoms with Gasteiger partial charge in [0.1, 0.15) is 0 Å². The molecule has 100 valence electrons. The molecule has 0 aliphatic rings. The summed E-state index contributed by atoms with van der Waals surface area (Å²) < 4.78 is 2.04. The van der Waals surface area contributed by atoms with E-state index >= 15 is 0 Å². The smallest absolute Gasteiger partial charge is 0.228 e. The molecule has 2 aromatic heterocycles. The average Bonchev–Trinajstić information content (AvgIpc) is 2.77. The highest BCUT2D eigenvalue weighted by Crippen LogP contribution is 2.21. The minimum atomic E-state index is -0.0330. The second-order valence-electron chi connectivity index (χ2n) is 4.75. The van der Waals surface area contributed by atoms with Crippen LogP contribution in [-0.2, 0) is 18.3 Å². The summed E-state index contributed by atoms with van der Waals surface area (Å²) in [4.78, 5) is 16.1. The van der Waals surface area contributed by atoms with Crippen molar-refractivity contribution in [2.75, 3.05) is 5.32 Å². The summed E-state index contributed by atoms with van der Waals surface area (Å²) in [5.41, 5.74) is 2.89. The van der Waals surface area contributed by atoms with Gasteiger partial charge in [-0.1, -0.05) is 18.2 Å². The number of hydrogen-bond acceptors (Lipinski definition) is 2. The quantitative estimate of drug-likeness (QED) is 0.791. The Bertz CT molecular complexity index is 747. The number of para-hydroxylation sites is 1. The minimum Gasteiger partial charge on any atom is -0.350 e. The van der Waals surface area contributed by atoms with Crippen LogP contribution < -0.4 is 5.32 Å². The lowest BCUT2D eigenvalue weighted by atomic mass is 10.1. The first-order valence-electron chi connectivity index (χ1n) is 6.47. The molecule has 4 nitrogen and oxygen atoms in total. The number of anilines is 1.